The first-order chi connectivity index (χ1) is 9.65. The van der Waals surface area contributed by atoms with Crippen LogP contribution in [0, 0.1) is 12.8 Å². The summed E-state index contributed by atoms with van der Waals surface area (Å²) in [7, 11) is 0. The standard InChI is InChI=1S/C16H21N3O/c1-12(2)10-20-15-7-5-4-6-14(15)9-17-16-8-13(3)18-11-19-16/h4-8,11-12H,9-10H2,1-3H3,(H,17,18,19). The van der Waals surface area contributed by atoms with Crippen LogP contribution in [0.4, 0.5) is 5.82 Å². The molecule has 106 valence electrons. The van der Waals surface area contributed by atoms with Gasteiger partial charge in [0, 0.05) is 23.9 Å². The lowest BCUT2D eigenvalue weighted by Crippen LogP contribution is -2.08. The highest BCUT2D eigenvalue weighted by molar-refractivity contribution is 5.40. The van der Waals surface area contributed by atoms with Crippen LogP contribution in [0.5, 0.6) is 5.75 Å². The maximum absolute atomic E-state index is 5.84. The van der Waals surface area contributed by atoms with Crippen LogP contribution >= 0.6 is 0 Å². The molecule has 0 bridgehead atoms. The van der Waals surface area contributed by atoms with Crippen molar-refractivity contribution in [3.05, 3.63) is 47.9 Å². The van der Waals surface area contributed by atoms with Crippen molar-refractivity contribution in [3.8, 4) is 5.75 Å². The van der Waals surface area contributed by atoms with E-state index in [9.17, 15) is 0 Å². The molecule has 0 amide bonds. The van der Waals surface area contributed by atoms with Crippen molar-refractivity contribution in [2.24, 2.45) is 5.92 Å². The number of aromatic nitrogens is 2. The van der Waals surface area contributed by atoms with Gasteiger partial charge in [-0.1, -0.05) is 32.0 Å². The van der Waals surface area contributed by atoms with Crippen molar-refractivity contribution in [1.82, 2.24) is 9.97 Å². The molecule has 0 fully saturated rings. The molecule has 0 aliphatic heterocycles. The van der Waals surface area contributed by atoms with Gasteiger partial charge in [0.15, 0.2) is 0 Å². The van der Waals surface area contributed by atoms with Gasteiger partial charge < -0.3 is 10.1 Å². The lowest BCUT2D eigenvalue weighted by molar-refractivity contribution is 0.269. The third kappa shape index (κ3) is 4.23. The highest BCUT2D eigenvalue weighted by Gasteiger charge is 2.04. The second-order valence-corrected chi connectivity index (χ2v) is 5.21. The number of hydrogen-bond donors (Lipinski definition) is 1. The maximum atomic E-state index is 5.84. The summed E-state index contributed by atoms with van der Waals surface area (Å²) >= 11 is 0. The first kappa shape index (κ1) is 14.3. The fourth-order valence-corrected chi connectivity index (χ4v) is 1.78. The van der Waals surface area contributed by atoms with Crippen molar-refractivity contribution >= 4 is 5.82 Å². The van der Waals surface area contributed by atoms with E-state index in [1.807, 2.05) is 31.2 Å². The van der Waals surface area contributed by atoms with Crippen molar-refractivity contribution in [1.29, 1.82) is 0 Å². The number of nitrogens with one attached hydrogen (secondary N) is 1. The van der Waals surface area contributed by atoms with Gasteiger partial charge in [0.2, 0.25) is 0 Å². The summed E-state index contributed by atoms with van der Waals surface area (Å²) < 4.78 is 5.84. The molecule has 0 aliphatic carbocycles. The van der Waals surface area contributed by atoms with E-state index in [0.29, 0.717) is 12.5 Å². The first-order valence-electron chi connectivity index (χ1n) is 6.88. The number of ether oxygens (including phenoxy) is 1. The summed E-state index contributed by atoms with van der Waals surface area (Å²) in [5, 5.41) is 3.30. The van der Waals surface area contributed by atoms with Gasteiger partial charge in [-0.25, -0.2) is 9.97 Å². The summed E-state index contributed by atoms with van der Waals surface area (Å²) in [5.41, 5.74) is 2.08. The monoisotopic (exact) mass is 271 g/mol. The van der Waals surface area contributed by atoms with E-state index in [0.717, 1.165) is 29.4 Å². The van der Waals surface area contributed by atoms with Crippen LogP contribution in [-0.2, 0) is 6.54 Å². The Labute approximate surface area is 120 Å². The van der Waals surface area contributed by atoms with Crippen LogP contribution < -0.4 is 10.1 Å². The Bertz CT molecular complexity index is 555. The third-order valence-corrected chi connectivity index (χ3v) is 2.81. The van der Waals surface area contributed by atoms with Crippen molar-refractivity contribution in [3.63, 3.8) is 0 Å². The van der Waals surface area contributed by atoms with Crippen LogP contribution in [0.1, 0.15) is 25.1 Å². The highest BCUT2D eigenvalue weighted by atomic mass is 16.5. The van der Waals surface area contributed by atoms with E-state index in [-0.39, 0.29) is 0 Å². The zero-order valence-electron chi connectivity index (χ0n) is 12.3. The Kier molecular flexibility index (Phi) is 4.93. The Hall–Kier alpha value is -2.10. The second kappa shape index (κ2) is 6.89. The third-order valence-electron chi connectivity index (χ3n) is 2.81. The molecule has 0 atom stereocenters. The van der Waals surface area contributed by atoms with E-state index in [4.69, 9.17) is 4.74 Å². The molecule has 20 heavy (non-hydrogen) atoms. The largest absolute Gasteiger partial charge is 0.493 e. The quantitative estimate of drug-likeness (QED) is 0.874. The number of nitrogens with zero attached hydrogens (tertiary/aromatic N) is 2. The van der Waals surface area contributed by atoms with E-state index in [1.54, 1.807) is 6.33 Å². The van der Waals surface area contributed by atoms with Crippen molar-refractivity contribution < 1.29 is 4.74 Å². The Morgan fingerprint density at radius 1 is 1.20 bits per heavy atom. The summed E-state index contributed by atoms with van der Waals surface area (Å²) in [6.45, 7) is 7.65. The van der Waals surface area contributed by atoms with Crippen LogP contribution in [0.3, 0.4) is 0 Å². The normalized spacial score (nSPS) is 10.6. The molecule has 1 heterocycles. The van der Waals surface area contributed by atoms with Gasteiger partial charge in [-0.05, 0) is 18.9 Å². The summed E-state index contributed by atoms with van der Waals surface area (Å²) in [6.07, 6.45) is 1.57. The van der Waals surface area contributed by atoms with Crippen LogP contribution in [0.15, 0.2) is 36.7 Å². The molecule has 0 radical (unpaired) electrons. The van der Waals surface area contributed by atoms with Gasteiger partial charge in [-0.3, -0.25) is 0 Å². The van der Waals surface area contributed by atoms with Gasteiger partial charge in [0.05, 0.1) is 6.61 Å². The Morgan fingerprint density at radius 3 is 2.75 bits per heavy atom. The smallest absolute Gasteiger partial charge is 0.129 e. The second-order valence-electron chi connectivity index (χ2n) is 5.21. The molecule has 0 saturated carbocycles. The minimum atomic E-state index is 0.514. The zero-order valence-corrected chi connectivity index (χ0v) is 12.3. The molecule has 4 heteroatoms. The van der Waals surface area contributed by atoms with E-state index < -0.39 is 0 Å². The molecule has 0 unspecified atom stereocenters. The number of aryl methyl sites for hydroxylation is 1. The topological polar surface area (TPSA) is 47.0 Å². The molecule has 1 aromatic heterocycles. The predicted octanol–water partition coefficient (Wildman–Crippen LogP) is 3.43. The maximum Gasteiger partial charge on any atom is 0.129 e. The molecule has 1 N–H and O–H groups in total. The molecule has 4 nitrogen and oxygen atoms in total. The van der Waals surface area contributed by atoms with E-state index in [1.165, 1.54) is 0 Å². The fraction of sp³-hybridized carbons (Fsp3) is 0.375. The number of rotatable bonds is 6. The van der Waals surface area contributed by atoms with Gasteiger partial charge in [-0.2, -0.15) is 0 Å². The van der Waals surface area contributed by atoms with Crippen LogP contribution in [0.25, 0.3) is 0 Å². The minimum Gasteiger partial charge on any atom is -0.493 e. The van der Waals surface area contributed by atoms with Gasteiger partial charge in [0.1, 0.15) is 17.9 Å². The van der Waals surface area contributed by atoms with E-state index >= 15 is 0 Å². The molecule has 0 saturated heterocycles. The predicted molar refractivity (Wildman–Crippen MR) is 80.9 cm³/mol. The summed E-state index contributed by atoms with van der Waals surface area (Å²) in [6, 6.07) is 10.0. The van der Waals surface area contributed by atoms with Crippen LogP contribution in [0.2, 0.25) is 0 Å². The zero-order chi connectivity index (χ0) is 14.4. The molecular weight excluding hydrogens is 250 g/mol. The average molecular weight is 271 g/mol. The average Bonchev–Trinajstić information content (AvgIpc) is 2.44. The lowest BCUT2D eigenvalue weighted by Gasteiger charge is -2.13. The number of anilines is 1. The number of hydrogen-bond acceptors (Lipinski definition) is 4. The summed E-state index contributed by atoms with van der Waals surface area (Å²) in [4.78, 5) is 8.28. The lowest BCUT2D eigenvalue weighted by atomic mass is 10.2. The molecule has 0 spiro atoms. The number of benzene rings is 1. The van der Waals surface area contributed by atoms with Gasteiger partial charge >= 0.3 is 0 Å². The Balaban J connectivity index is 2.02. The van der Waals surface area contributed by atoms with E-state index in [2.05, 4.69) is 35.2 Å². The molecular formula is C16H21N3O. The molecule has 2 rings (SSSR count). The number of para-hydroxylation sites is 1. The van der Waals surface area contributed by atoms with Gasteiger partial charge in [0.25, 0.3) is 0 Å². The minimum absolute atomic E-state index is 0.514. The highest BCUT2D eigenvalue weighted by Crippen LogP contribution is 2.19. The summed E-state index contributed by atoms with van der Waals surface area (Å²) in [5.74, 6) is 2.27. The fourth-order valence-electron chi connectivity index (χ4n) is 1.78. The van der Waals surface area contributed by atoms with Crippen molar-refractivity contribution in [2.45, 2.75) is 27.3 Å². The first-order valence-corrected chi connectivity index (χ1v) is 6.88. The molecule has 2 aromatic rings. The Morgan fingerprint density at radius 2 is 2.00 bits per heavy atom. The van der Waals surface area contributed by atoms with Gasteiger partial charge in [-0.15, -0.1) is 0 Å². The SMILES string of the molecule is Cc1cc(NCc2ccccc2OCC(C)C)ncn1. The molecule has 1 aromatic carbocycles. The van der Waals surface area contributed by atoms with Crippen LogP contribution in [-0.4, -0.2) is 16.6 Å². The molecule has 0 aliphatic rings. The van der Waals surface area contributed by atoms with Crippen molar-refractivity contribution in [2.75, 3.05) is 11.9 Å².